The van der Waals surface area contributed by atoms with Crippen molar-refractivity contribution in [3.05, 3.63) is 90.0 Å². The number of rotatable bonds is 1. The van der Waals surface area contributed by atoms with Crippen molar-refractivity contribution < 1.29 is 0 Å². The van der Waals surface area contributed by atoms with Gasteiger partial charge in [-0.3, -0.25) is 0 Å². The Morgan fingerprint density at radius 1 is 0.667 bits per heavy atom. The molecule has 1 heterocycles. The molecule has 0 aliphatic heterocycles. The molecular formula is C24H13N3. The number of fused-ring (bicyclic) bond motifs is 5. The van der Waals surface area contributed by atoms with Crippen molar-refractivity contribution in [2.45, 2.75) is 0 Å². The van der Waals surface area contributed by atoms with Gasteiger partial charge in [0.05, 0.1) is 33.9 Å². The summed E-state index contributed by atoms with van der Waals surface area (Å²) in [6, 6.07) is 30.4. The molecule has 0 fully saturated rings. The fraction of sp³-hybridized carbons (Fsp3) is 0. The first kappa shape index (κ1) is 15.2. The summed E-state index contributed by atoms with van der Waals surface area (Å²) in [4.78, 5) is 0. The highest BCUT2D eigenvalue weighted by molar-refractivity contribution is 6.18. The maximum Gasteiger partial charge on any atom is 0.101 e. The minimum absolute atomic E-state index is 0.537. The second kappa shape index (κ2) is 5.73. The third-order valence-corrected chi connectivity index (χ3v) is 5.05. The van der Waals surface area contributed by atoms with Crippen molar-refractivity contribution in [1.82, 2.24) is 4.57 Å². The lowest BCUT2D eigenvalue weighted by Gasteiger charge is -2.12. The van der Waals surface area contributed by atoms with Gasteiger partial charge < -0.3 is 4.57 Å². The van der Waals surface area contributed by atoms with Crippen LogP contribution >= 0.6 is 0 Å². The summed E-state index contributed by atoms with van der Waals surface area (Å²) in [5.41, 5.74) is 3.90. The number of hydrogen-bond acceptors (Lipinski definition) is 2. The number of nitrogens with zero attached hydrogens (tertiary/aromatic N) is 3. The van der Waals surface area contributed by atoms with Gasteiger partial charge in [0.25, 0.3) is 0 Å². The van der Waals surface area contributed by atoms with E-state index in [1.165, 1.54) is 0 Å². The zero-order valence-electron chi connectivity index (χ0n) is 14.3. The van der Waals surface area contributed by atoms with Crippen molar-refractivity contribution in [2.24, 2.45) is 0 Å². The molecular weight excluding hydrogens is 330 g/mol. The zero-order chi connectivity index (χ0) is 18.4. The highest BCUT2D eigenvalue weighted by Gasteiger charge is 2.17. The summed E-state index contributed by atoms with van der Waals surface area (Å²) in [5.74, 6) is 0. The van der Waals surface area contributed by atoms with Crippen LogP contribution in [0.4, 0.5) is 0 Å². The molecule has 0 aliphatic rings. The first-order valence-electron chi connectivity index (χ1n) is 8.67. The van der Waals surface area contributed by atoms with Gasteiger partial charge in [0.1, 0.15) is 6.07 Å². The Kier molecular flexibility index (Phi) is 3.22. The highest BCUT2D eigenvalue weighted by atomic mass is 15.0. The van der Waals surface area contributed by atoms with E-state index in [2.05, 4.69) is 53.1 Å². The molecule has 4 aromatic carbocycles. The van der Waals surface area contributed by atoms with E-state index >= 15 is 0 Å². The topological polar surface area (TPSA) is 52.5 Å². The summed E-state index contributed by atoms with van der Waals surface area (Å²) >= 11 is 0. The first-order chi connectivity index (χ1) is 13.3. The zero-order valence-corrected chi connectivity index (χ0v) is 14.3. The SMILES string of the molecule is N#Cc1ccc(C#N)c(-n2c3ccccc3c3ccc4ccccc4c32)c1. The van der Waals surface area contributed by atoms with Gasteiger partial charge in [-0.05, 0) is 29.7 Å². The largest absolute Gasteiger partial charge is 0.307 e. The van der Waals surface area contributed by atoms with Crippen molar-refractivity contribution in [1.29, 1.82) is 10.5 Å². The number of benzene rings is 4. The number of hydrogen-bond donors (Lipinski definition) is 0. The Balaban J connectivity index is 2.08. The Labute approximate surface area is 155 Å². The third-order valence-electron chi connectivity index (χ3n) is 5.05. The molecule has 5 rings (SSSR count). The summed E-state index contributed by atoms with van der Waals surface area (Å²) in [5, 5.41) is 23.6. The lowest BCUT2D eigenvalue weighted by Crippen LogP contribution is -1.99. The molecule has 0 amide bonds. The highest BCUT2D eigenvalue weighted by Crippen LogP contribution is 2.37. The van der Waals surface area contributed by atoms with E-state index in [-0.39, 0.29) is 0 Å². The molecule has 124 valence electrons. The van der Waals surface area contributed by atoms with Crippen LogP contribution < -0.4 is 0 Å². The van der Waals surface area contributed by atoms with Gasteiger partial charge >= 0.3 is 0 Å². The van der Waals surface area contributed by atoms with Crippen molar-refractivity contribution in [3.8, 4) is 17.8 Å². The smallest absolute Gasteiger partial charge is 0.101 e. The van der Waals surface area contributed by atoms with E-state index in [1.54, 1.807) is 18.2 Å². The quantitative estimate of drug-likeness (QED) is 0.393. The average molecular weight is 343 g/mol. The Morgan fingerprint density at radius 2 is 1.44 bits per heavy atom. The van der Waals surface area contributed by atoms with Crippen LogP contribution in [0.15, 0.2) is 78.9 Å². The van der Waals surface area contributed by atoms with Crippen LogP contribution in [0.3, 0.4) is 0 Å². The van der Waals surface area contributed by atoms with Gasteiger partial charge in [0, 0.05) is 16.2 Å². The third kappa shape index (κ3) is 2.13. The molecule has 3 nitrogen and oxygen atoms in total. The average Bonchev–Trinajstić information content (AvgIpc) is 3.08. The molecule has 0 saturated heterocycles. The molecule has 0 radical (unpaired) electrons. The molecule has 1 aromatic heterocycles. The van der Waals surface area contributed by atoms with Gasteiger partial charge in [0.15, 0.2) is 0 Å². The first-order valence-corrected chi connectivity index (χ1v) is 8.67. The van der Waals surface area contributed by atoms with Crippen LogP contribution in [0, 0.1) is 22.7 Å². The van der Waals surface area contributed by atoms with Gasteiger partial charge in [-0.25, -0.2) is 0 Å². The predicted molar refractivity (Wildman–Crippen MR) is 108 cm³/mol. The second-order valence-corrected chi connectivity index (χ2v) is 6.49. The maximum absolute atomic E-state index is 9.69. The Hall–Kier alpha value is -4.08. The second-order valence-electron chi connectivity index (χ2n) is 6.49. The van der Waals surface area contributed by atoms with E-state index in [1.807, 2.05) is 24.3 Å². The fourth-order valence-corrected chi connectivity index (χ4v) is 3.86. The van der Waals surface area contributed by atoms with E-state index in [0.717, 1.165) is 38.3 Å². The molecule has 0 aliphatic carbocycles. The lowest BCUT2D eigenvalue weighted by atomic mass is 10.1. The Morgan fingerprint density at radius 3 is 2.26 bits per heavy atom. The molecule has 5 aromatic rings. The van der Waals surface area contributed by atoms with Gasteiger partial charge in [-0.1, -0.05) is 54.6 Å². The number of nitriles is 2. The van der Waals surface area contributed by atoms with Crippen LogP contribution in [-0.4, -0.2) is 4.57 Å². The summed E-state index contributed by atoms with van der Waals surface area (Å²) in [6.07, 6.45) is 0. The minimum atomic E-state index is 0.537. The van der Waals surface area contributed by atoms with Gasteiger partial charge in [-0.2, -0.15) is 10.5 Å². The van der Waals surface area contributed by atoms with E-state index < -0.39 is 0 Å². The van der Waals surface area contributed by atoms with Crippen molar-refractivity contribution >= 4 is 32.6 Å². The summed E-state index contributed by atoms with van der Waals surface area (Å²) in [6.45, 7) is 0. The molecule has 27 heavy (non-hydrogen) atoms. The standard InChI is InChI=1S/C24H13N3/c25-14-16-9-10-18(15-26)23(13-16)27-22-8-4-3-7-20(22)21-12-11-17-5-1-2-6-19(17)24(21)27/h1-13H. The molecule has 0 saturated carbocycles. The van der Waals surface area contributed by atoms with Crippen LogP contribution in [0.1, 0.15) is 11.1 Å². The van der Waals surface area contributed by atoms with Crippen LogP contribution in [0.2, 0.25) is 0 Å². The van der Waals surface area contributed by atoms with Crippen LogP contribution in [0.5, 0.6) is 0 Å². The van der Waals surface area contributed by atoms with Crippen molar-refractivity contribution in [2.75, 3.05) is 0 Å². The summed E-state index contributed by atoms with van der Waals surface area (Å²) in [7, 11) is 0. The molecule has 3 heteroatoms. The van der Waals surface area contributed by atoms with Crippen LogP contribution in [-0.2, 0) is 0 Å². The summed E-state index contributed by atoms with van der Waals surface area (Å²) < 4.78 is 2.12. The van der Waals surface area contributed by atoms with Gasteiger partial charge in [0.2, 0.25) is 0 Å². The predicted octanol–water partition coefficient (Wildman–Crippen LogP) is 5.68. The van der Waals surface area contributed by atoms with Gasteiger partial charge in [-0.15, -0.1) is 0 Å². The normalized spacial score (nSPS) is 10.9. The molecule has 0 N–H and O–H groups in total. The fourth-order valence-electron chi connectivity index (χ4n) is 3.86. The Bertz CT molecular complexity index is 1440. The molecule has 0 atom stereocenters. The number of para-hydroxylation sites is 1. The van der Waals surface area contributed by atoms with E-state index in [4.69, 9.17) is 0 Å². The maximum atomic E-state index is 9.69. The van der Waals surface area contributed by atoms with Crippen molar-refractivity contribution in [3.63, 3.8) is 0 Å². The minimum Gasteiger partial charge on any atom is -0.307 e. The monoisotopic (exact) mass is 343 g/mol. The molecule has 0 unspecified atom stereocenters. The van der Waals surface area contributed by atoms with Crippen LogP contribution in [0.25, 0.3) is 38.3 Å². The van der Waals surface area contributed by atoms with E-state index in [9.17, 15) is 10.5 Å². The number of aromatic nitrogens is 1. The lowest BCUT2D eigenvalue weighted by molar-refractivity contribution is 1.17. The van der Waals surface area contributed by atoms with E-state index in [0.29, 0.717) is 11.1 Å². The molecule has 0 bridgehead atoms. The molecule has 0 spiro atoms.